The zero-order chi connectivity index (χ0) is 11.6. The maximum Gasteiger partial charge on any atom is 0.225 e. The third-order valence-electron chi connectivity index (χ3n) is 4.00. The molecule has 1 aliphatic carbocycles. The topological polar surface area (TPSA) is 32.3 Å². The molecular weight excluding hydrogens is 200 g/mol. The lowest BCUT2D eigenvalue weighted by Gasteiger charge is -2.32. The summed E-state index contributed by atoms with van der Waals surface area (Å²) in [6.07, 6.45) is 5.63. The third-order valence-corrected chi connectivity index (χ3v) is 4.00. The van der Waals surface area contributed by atoms with Crippen molar-refractivity contribution in [3.63, 3.8) is 0 Å². The van der Waals surface area contributed by atoms with Crippen LogP contribution in [-0.2, 0) is 4.79 Å². The molecule has 0 aromatic heterocycles. The average Bonchev–Trinajstić information content (AvgIpc) is 3.06. The minimum atomic E-state index is 0.204. The lowest BCUT2D eigenvalue weighted by atomic mass is 10.0. The van der Waals surface area contributed by atoms with E-state index in [1.807, 2.05) is 0 Å². The van der Waals surface area contributed by atoms with Crippen LogP contribution in [0.15, 0.2) is 0 Å². The summed E-state index contributed by atoms with van der Waals surface area (Å²) in [5.41, 5.74) is 0.204. The Labute approximate surface area is 98.6 Å². The molecule has 16 heavy (non-hydrogen) atoms. The summed E-state index contributed by atoms with van der Waals surface area (Å²) in [6.45, 7) is 7.27. The molecule has 1 unspecified atom stereocenters. The van der Waals surface area contributed by atoms with Crippen molar-refractivity contribution < 1.29 is 4.79 Å². The van der Waals surface area contributed by atoms with E-state index >= 15 is 0 Å². The monoisotopic (exact) mass is 224 g/mol. The van der Waals surface area contributed by atoms with Gasteiger partial charge in [-0.25, -0.2) is 0 Å². The van der Waals surface area contributed by atoms with Crippen molar-refractivity contribution in [1.82, 2.24) is 10.2 Å². The van der Waals surface area contributed by atoms with Gasteiger partial charge in [-0.15, -0.1) is 0 Å². The van der Waals surface area contributed by atoms with Crippen molar-refractivity contribution in [1.29, 1.82) is 0 Å². The molecule has 1 aliphatic heterocycles. The van der Waals surface area contributed by atoms with Crippen LogP contribution < -0.4 is 5.32 Å². The van der Waals surface area contributed by atoms with Gasteiger partial charge in [-0.05, 0) is 32.2 Å². The van der Waals surface area contributed by atoms with Crippen molar-refractivity contribution >= 4 is 5.91 Å². The number of rotatable bonds is 3. The summed E-state index contributed by atoms with van der Waals surface area (Å²) in [4.78, 5) is 14.6. The molecule has 0 radical (unpaired) electrons. The Balaban J connectivity index is 2.02. The SMILES string of the molecule is CCCC(C)C(=O)N1CCCNCC12CC2. The van der Waals surface area contributed by atoms with E-state index in [4.69, 9.17) is 0 Å². The van der Waals surface area contributed by atoms with Crippen LogP contribution in [0.1, 0.15) is 46.0 Å². The van der Waals surface area contributed by atoms with Crippen molar-refractivity contribution in [3.05, 3.63) is 0 Å². The molecule has 3 heteroatoms. The number of hydrogen-bond donors (Lipinski definition) is 1. The zero-order valence-electron chi connectivity index (χ0n) is 10.6. The van der Waals surface area contributed by atoms with Gasteiger partial charge < -0.3 is 10.2 Å². The first-order valence-electron chi connectivity index (χ1n) is 6.72. The van der Waals surface area contributed by atoms with Gasteiger partial charge in [0.2, 0.25) is 5.91 Å². The third kappa shape index (κ3) is 2.24. The maximum absolute atomic E-state index is 12.4. The summed E-state index contributed by atoms with van der Waals surface area (Å²) in [5.74, 6) is 0.601. The first kappa shape index (κ1) is 11.9. The molecular formula is C13H24N2O. The number of carbonyl (C=O) groups is 1. The van der Waals surface area contributed by atoms with Crippen LogP contribution in [0, 0.1) is 5.92 Å². The van der Waals surface area contributed by atoms with Gasteiger partial charge in [-0.1, -0.05) is 20.3 Å². The summed E-state index contributed by atoms with van der Waals surface area (Å²) in [7, 11) is 0. The van der Waals surface area contributed by atoms with E-state index in [-0.39, 0.29) is 11.5 Å². The van der Waals surface area contributed by atoms with Crippen LogP contribution in [0.5, 0.6) is 0 Å². The van der Waals surface area contributed by atoms with E-state index < -0.39 is 0 Å². The molecule has 3 nitrogen and oxygen atoms in total. The second-order valence-electron chi connectivity index (χ2n) is 5.43. The lowest BCUT2D eigenvalue weighted by molar-refractivity contribution is -0.138. The van der Waals surface area contributed by atoms with Crippen LogP contribution in [-0.4, -0.2) is 36.0 Å². The molecule has 2 rings (SSSR count). The molecule has 2 aliphatic rings. The van der Waals surface area contributed by atoms with Crippen LogP contribution in [0.3, 0.4) is 0 Å². The van der Waals surface area contributed by atoms with Gasteiger partial charge in [-0.2, -0.15) is 0 Å². The molecule has 1 atom stereocenters. The largest absolute Gasteiger partial charge is 0.335 e. The molecule has 1 spiro atoms. The Morgan fingerprint density at radius 3 is 2.88 bits per heavy atom. The van der Waals surface area contributed by atoms with E-state index in [0.29, 0.717) is 5.91 Å². The highest BCUT2D eigenvalue weighted by atomic mass is 16.2. The van der Waals surface area contributed by atoms with E-state index in [1.165, 1.54) is 12.8 Å². The summed E-state index contributed by atoms with van der Waals surface area (Å²) < 4.78 is 0. The van der Waals surface area contributed by atoms with E-state index in [0.717, 1.165) is 38.9 Å². The minimum absolute atomic E-state index is 0.204. The molecule has 1 saturated carbocycles. The van der Waals surface area contributed by atoms with Gasteiger partial charge in [0.15, 0.2) is 0 Å². The quantitative estimate of drug-likeness (QED) is 0.792. The van der Waals surface area contributed by atoms with Gasteiger partial charge in [0.25, 0.3) is 0 Å². The zero-order valence-corrected chi connectivity index (χ0v) is 10.6. The average molecular weight is 224 g/mol. The van der Waals surface area contributed by atoms with Crippen LogP contribution in [0.25, 0.3) is 0 Å². The van der Waals surface area contributed by atoms with Crippen molar-refractivity contribution in [2.24, 2.45) is 5.92 Å². The minimum Gasteiger partial charge on any atom is -0.335 e. The van der Waals surface area contributed by atoms with Crippen molar-refractivity contribution in [2.45, 2.75) is 51.5 Å². The Kier molecular flexibility index (Phi) is 3.53. The van der Waals surface area contributed by atoms with Gasteiger partial charge >= 0.3 is 0 Å². The van der Waals surface area contributed by atoms with Crippen molar-refractivity contribution in [3.8, 4) is 0 Å². The first-order valence-corrected chi connectivity index (χ1v) is 6.72. The predicted molar refractivity (Wildman–Crippen MR) is 65.2 cm³/mol. The van der Waals surface area contributed by atoms with Crippen LogP contribution in [0.2, 0.25) is 0 Å². The molecule has 0 bridgehead atoms. The fourth-order valence-corrected chi connectivity index (χ4v) is 2.77. The number of hydrogen-bond acceptors (Lipinski definition) is 2. The Bertz CT molecular complexity index is 261. The molecule has 1 heterocycles. The van der Waals surface area contributed by atoms with E-state index in [2.05, 4.69) is 24.1 Å². The van der Waals surface area contributed by atoms with Crippen LogP contribution >= 0.6 is 0 Å². The second-order valence-corrected chi connectivity index (χ2v) is 5.43. The Morgan fingerprint density at radius 1 is 1.50 bits per heavy atom. The fraction of sp³-hybridized carbons (Fsp3) is 0.923. The Hall–Kier alpha value is -0.570. The standard InChI is InChI=1S/C13H24N2O/c1-3-5-11(2)12(16)15-9-4-8-14-10-13(15)6-7-13/h11,14H,3-10H2,1-2H3. The molecule has 2 fully saturated rings. The van der Waals surface area contributed by atoms with Gasteiger partial charge in [0.1, 0.15) is 0 Å². The maximum atomic E-state index is 12.4. The van der Waals surface area contributed by atoms with Gasteiger partial charge in [-0.3, -0.25) is 4.79 Å². The summed E-state index contributed by atoms with van der Waals surface area (Å²) >= 11 is 0. The molecule has 1 amide bonds. The molecule has 0 aromatic rings. The summed E-state index contributed by atoms with van der Waals surface area (Å²) in [5, 5.41) is 3.46. The molecule has 1 saturated heterocycles. The van der Waals surface area contributed by atoms with Crippen LogP contribution in [0.4, 0.5) is 0 Å². The molecule has 92 valence electrons. The number of carbonyl (C=O) groups excluding carboxylic acids is 1. The second kappa shape index (κ2) is 4.74. The normalized spacial score (nSPS) is 25.2. The number of nitrogens with zero attached hydrogens (tertiary/aromatic N) is 1. The highest BCUT2D eigenvalue weighted by molar-refractivity contribution is 5.79. The smallest absolute Gasteiger partial charge is 0.225 e. The highest BCUT2D eigenvalue weighted by Crippen LogP contribution is 2.42. The Morgan fingerprint density at radius 2 is 2.25 bits per heavy atom. The molecule has 0 aromatic carbocycles. The fourth-order valence-electron chi connectivity index (χ4n) is 2.77. The van der Waals surface area contributed by atoms with E-state index in [1.54, 1.807) is 0 Å². The van der Waals surface area contributed by atoms with Gasteiger partial charge in [0, 0.05) is 19.0 Å². The summed E-state index contributed by atoms with van der Waals surface area (Å²) in [6, 6.07) is 0. The lowest BCUT2D eigenvalue weighted by Crippen LogP contribution is -2.47. The van der Waals surface area contributed by atoms with Gasteiger partial charge in [0.05, 0.1) is 5.54 Å². The number of amides is 1. The van der Waals surface area contributed by atoms with Crippen molar-refractivity contribution in [2.75, 3.05) is 19.6 Å². The number of nitrogens with one attached hydrogen (secondary N) is 1. The predicted octanol–water partition coefficient (Wildman–Crippen LogP) is 1.78. The molecule has 1 N–H and O–H groups in total. The first-order chi connectivity index (χ1) is 7.69. The van der Waals surface area contributed by atoms with E-state index in [9.17, 15) is 4.79 Å². The highest BCUT2D eigenvalue weighted by Gasteiger charge is 2.50.